The summed E-state index contributed by atoms with van der Waals surface area (Å²) in [6.45, 7) is 5.38. The van der Waals surface area contributed by atoms with Crippen LogP contribution in [0, 0.1) is 25.6 Å². The summed E-state index contributed by atoms with van der Waals surface area (Å²) in [5.41, 5.74) is 6.99. The molecule has 120 valence electrons. The molecule has 0 unspecified atom stereocenters. The smallest absolute Gasteiger partial charge is 0.123 e. The Labute approximate surface area is 141 Å². The third-order valence-corrected chi connectivity index (χ3v) is 4.79. The van der Waals surface area contributed by atoms with Crippen LogP contribution in [0.5, 0.6) is 0 Å². The highest BCUT2D eigenvalue weighted by Gasteiger charge is 2.25. The summed E-state index contributed by atoms with van der Waals surface area (Å²) in [7, 11) is 0. The van der Waals surface area contributed by atoms with Crippen molar-refractivity contribution in [3.05, 3.63) is 53.6 Å². The van der Waals surface area contributed by atoms with E-state index in [0.29, 0.717) is 0 Å². The van der Waals surface area contributed by atoms with Gasteiger partial charge in [0.2, 0.25) is 0 Å². The third-order valence-electron chi connectivity index (χ3n) is 4.79. The number of nitrogens with zero attached hydrogens (tertiary/aromatic N) is 2. The largest absolute Gasteiger partial charge is 0.343 e. The molecule has 4 heteroatoms. The molecule has 1 aromatic carbocycles. The molecule has 0 amide bonds. The van der Waals surface area contributed by atoms with Gasteiger partial charge in [0, 0.05) is 24.0 Å². The van der Waals surface area contributed by atoms with Crippen molar-refractivity contribution >= 4 is 23.4 Å². The summed E-state index contributed by atoms with van der Waals surface area (Å²) < 4.78 is 15.6. The van der Waals surface area contributed by atoms with Crippen molar-refractivity contribution in [2.24, 2.45) is 5.92 Å². The topological polar surface area (TPSA) is 17.8 Å². The van der Waals surface area contributed by atoms with Gasteiger partial charge in [-0.15, -0.1) is 12.4 Å². The second kappa shape index (κ2) is 5.97. The van der Waals surface area contributed by atoms with Gasteiger partial charge in [0.25, 0.3) is 0 Å². The molecule has 1 aliphatic carbocycles. The van der Waals surface area contributed by atoms with E-state index in [2.05, 4.69) is 23.4 Å². The number of hydrogen-bond donors (Lipinski definition) is 0. The van der Waals surface area contributed by atoms with Crippen LogP contribution in [0.25, 0.3) is 22.2 Å². The molecule has 1 fully saturated rings. The normalized spacial score (nSPS) is 14.0. The molecule has 0 radical (unpaired) electrons. The predicted octanol–water partition coefficient (Wildman–Crippen LogP) is 5.29. The highest BCUT2D eigenvalue weighted by atomic mass is 35.5. The Morgan fingerprint density at radius 2 is 1.83 bits per heavy atom. The van der Waals surface area contributed by atoms with Crippen molar-refractivity contribution in [3.63, 3.8) is 0 Å². The molecule has 0 aliphatic heterocycles. The molecular weight excluding hydrogens is 311 g/mol. The van der Waals surface area contributed by atoms with E-state index >= 15 is 0 Å². The SMILES string of the molecule is Cc1c(C)n(CC2CC2)c2c(-c3ccc(F)cc3)ccnc12.Cl. The van der Waals surface area contributed by atoms with Crippen molar-refractivity contribution in [2.75, 3.05) is 0 Å². The van der Waals surface area contributed by atoms with Crippen molar-refractivity contribution in [1.29, 1.82) is 0 Å². The minimum atomic E-state index is -0.199. The molecule has 0 spiro atoms. The molecule has 0 bridgehead atoms. The standard InChI is InChI=1S/C19H19FN2.ClH/c1-12-13(2)22(11-14-3-4-14)19-17(9-10-21-18(12)19)15-5-7-16(20)8-6-15;/h5-10,14H,3-4,11H2,1-2H3;1H. The Hall–Kier alpha value is -1.87. The molecule has 0 N–H and O–H groups in total. The van der Waals surface area contributed by atoms with Gasteiger partial charge in [-0.2, -0.15) is 0 Å². The lowest BCUT2D eigenvalue weighted by atomic mass is 10.0. The number of hydrogen-bond acceptors (Lipinski definition) is 1. The Balaban J connectivity index is 0.00000156. The minimum absolute atomic E-state index is 0. The van der Waals surface area contributed by atoms with Gasteiger partial charge in [-0.3, -0.25) is 4.98 Å². The summed E-state index contributed by atoms with van der Waals surface area (Å²) >= 11 is 0. The summed E-state index contributed by atoms with van der Waals surface area (Å²) in [5.74, 6) is 0.602. The van der Waals surface area contributed by atoms with Crippen LogP contribution in [-0.4, -0.2) is 9.55 Å². The molecule has 1 saturated carbocycles. The number of halogens is 2. The molecule has 4 rings (SSSR count). The first-order valence-corrected chi connectivity index (χ1v) is 7.85. The second-order valence-corrected chi connectivity index (χ2v) is 6.33. The zero-order valence-electron chi connectivity index (χ0n) is 13.3. The lowest BCUT2D eigenvalue weighted by molar-refractivity contribution is 0.628. The number of aryl methyl sites for hydroxylation is 1. The van der Waals surface area contributed by atoms with Crippen LogP contribution in [0.3, 0.4) is 0 Å². The number of rotatable bonds is 3. The first kappa shape index (κ1) is 16.0. The van der Waals surface area contributed by atoms with Crippen LogP contribution >= 0.6 is 12.4 Å². The maximum atomic E-state index is 13.2. The lowest BCUT2D eigenvalue weighted by Gasteiger charge is -2.11. The van der Waals surface area contributed by atoms with Crippen LogP contribution < -0.4 is 0 Å². The van der Waals surface area contributed by atoms with Gasteiger partial charge in [0.1, 0.15) is 5.82 Å². The predicted molar refractivity (Wildman–Crippen MR) is 94.6 cm³/mol. The van der Waals surface area contributed by atoms with Gasteiger partial charge in [-0.05, 0) is 61.9 Å². The van der Waals surface area contributed by atoms with Crippen molar-refractivity contribution in [1.82, 2.24) is 9.55 Å². The average Bonchev–Trinajstić information content (AvgIpc) is 3.32. The summed E-state index contributed by atoms with van der Waals surface area (Å²) in [4.78, 5) is 4.60. The van der Waals surface area contributed by atoms with E-state index in [1.807, 2.05) is 24.4 Å². The molecular formula is C19H20ClFN2. The summed E-state index contributed by atoms with van der Waals surface area (Å²) in [6.07, 6.45) is 4.50. The molecule has 2 aromatic heterocycles. The molecule has 2 heterocycles. The Kier molecular flexibility index (Phi) is 4.15. The fraction of sp³-hybridized carbons (Fsp3) is 0.316. The third kappa shape index (κ3) is 2.74. The first-order chi connectivity index (χ1) is 10.6. The van der Waals surface area contributed by atoms with Crippen molar-refractivity contribution < 1.29 is 4.39 Å². The number of aromatic nitrogens is 2. The van der Waals surface area contributed by atoms with Crippen LogP contribution in [0.15, 0.2) is 36.5 Å². The highest BCUT2D eigenvalue weighted by molar-refractivity contribution is 5.94. The quantitative estimate of drug-likeness (QED) is 0.638. The van der Waals surface area contributed by atoms with E-state index < -0.39 is 0 Å². The van der Waals surface area contributed by atoms with Gasteiger partial charge in [0.15, 0.2) is 0 Å². The monoisotopic (exact) mass is 330 g/mol. The number of pyridine rings is 1. The molecule has 0 atom stereocenters. The maximum absolute atomic E-state index is 13.2. The average molecular weight is 331 g/mol. The van der Waals surface area contributed by atoms with Crippen LogP contribution in [-0.2, 0) is 6.54 Å². The van der Waals surface area contributed by atoms with Crippen LogP contribution in [0.2, 0.25) is 0 Å². The maximum Gasteiger partial charge on any atom is 0.123 e. The Morgan fingerprint density at radius 1 is 1.13 bits per heavy atom. The second-order valence-electron chi connectivity index (χ2n) is 6.33. The van der Waals surface area contributed by atoms with Crippen molar-refractivity contribution in [3.8, 4) is 11.1 Å². The molecule has 23 heavy (non-hydrogen) atoms. The van der Waals surface area contributed by atoms with E-state index in [4.69, 9.17) is 0 Å². The zero-order chi connectivity index (χ0) is 15.3. The van der Waals surface area contributed by atoms with E-state index in [-0.39, 0.29) is 18.2 Å². The van der Waals surface area contributed by atoms with Gasteiger partial charge in [-0.1, -0.05) is 12.1 Å². The van der Waals surface area contributed by atoms with E-state index in [1.54, 1.807) is 0 Å². The number of benzene rings is 1. The Morgan fingerprint density at radius 3 is 2.48 bits per heavy atom. The van der Waals surface area contributed by atoms with Gasteiger partial charge >= 0.3 is 0 Å². The lowest BCUT2D eigenvalue weighted by Crippen LogP contribution is -2.03. The van der Waals surface area contributed by atoms with Gasteiger partial charge in [-0.25, -0.2) is 4.39 Å². The molecule has 0 saturated heterocycles. The van der Waals surface area contributed by atoms with Crippen LogP contribution in [0.4, 0.5) is 4.39 Å². The zero-order valence-corrected chi connectivity index (χ0v) is 14.2. The van der Waals surface area contributed by atoms with Gasteiger partial charge in [0.05, 0.1) is 11.0 Å². The Bertz CT molecular complexity index is 848. The molecule has 1 aliphatic rings. The fourth-order valence-corrected chi connectivity index (χ4v) is 3.19. The van der Waals surface area contributed by atoms with E-state index in [1.165, 1.54) is 41.7 Å². The van der Waals surface area contributed by atoms with Gasteiger partial charge < -0.3 is 4.57 Å². The summed E-state index contributed by atoms with van der Waals surface area (Å²) in [6, 6.07) is 8.79. The number of fused-ring (bicyclic) bond motifs is 1. The summed E-state index contributed by atoms with van der Waals surface area (Å²) in [5, 5.41) is 0. The van der Waals surface area contributed by atoms with Crippen LogP contribution in [0.1, 0.15) is 24.1 Å². The van der Waals surface area contributed by atoms with E-state index in [9.17, 15) is 4.39 Å². The minimum Gasteiger partial charge on any atom is -0.343 e. The highest BCUT2D eigenvalue weighted by Crippen LogP contribution is 2.37. The first-order valence-electron chi connectivity index (χ1n) is 7.85. The molecule has 2 nitrogen and oxygen atoms in total. The fourth-order valence-electron chi connectivity index (χ4n) is 3.19. The van der Waals surface area contributed by atoms with E-state index in [0.717, 1.165) is 29.1 Å². The molecule has 3 aromatic rings. The van der Waals surface area contributed by atoms with Crippen molar-refractivity contribution in [2.45, 2.75) is 33.2 Å².